The molecule has 1 spiro atoms. The fraction of sp³-hybridized carbons (Fsp3) is 0.533. The van der Waals surface area contributed by atoms with Gasteiger partial charge in [0.15, 0.2) is 0 Å². The van der Waals surface area contributed by atoms with Gasteiger partial charge in [0.2, 0.25) is 11.8 Å². The number of anilines is 3. The average molecular weight is 474 g/mol. The second-order valence-electron chi connectivity index (χ2n) is 10.9. The van der Waals surface area contributed by atoms with E-state index in [1.807, 2.05) is 41.0 Å². The minimum atomic E-state index is -0.181. The van der Waals surface area contributed by atoms with Crippen molar-refractivity contribution in [3.8, 4) is 0 Å². The fourth-order valence-corrected chi connectivity index (χ4v) is 6.69. The van der Waals surface area contributed by atoms with Crippen molar-refractivity contribution in [2.24, 2.45) is 0 Å². The lowest BCUT2D eigenvalue weighted by Crippen LogP contribution is -2.54. The Kier molecular flexibility index (Phi) is 6.86. The Hall–Kier alpha value is -2.82. The molecule has 0 aromatic heterocycles. The molecule has 1 saturated carbocycles. The number of para-hydroxylation sites is 3. The standard InChI is InChI=1S/C30H39N3O2/c1-22-21-32(27-16-10-11-17-28(27)33(22)23(2)34)29(35)25-20-30(31-26-15-9-8-14-24(25)26)18-12-6-4-3-5-7-13-19-30/h8-11,14-17,22,25,31H,3-7,12-13,18-21H2,1-2H3/t22-,25?/m0/s1. The van der Waals surface area contributed by atoms with Crippen LogP contribution in [0.4, 0.5) is 17.1 Å². The van der Waals surface area contributed by atoms with Crippen LogP contribution in [0.1, 0.15) is 89.5 Å². The van der Waals surface area contributed by atoms with E-state index in [4.69, 9.17) is 0 Å². The van der Waals surface area contributed by atoms with Crippen molar-refractivity contribution in [1.29, 1.82) is 0 Å². The summed E-state index contributed by atoms with van der Waals surface area (Å²) in [5, 5.41) is 3.94. The number of rotatable bonds is 1. The predicted molar refractivity (Wildman–Crippen MR) is 143 cm³/mol. The van der Waals surface area contributed by atoms with Crippen molar-refractivity contribution >= 4 is 28.9 Å². The quantitative estimate of drug-likeness (QED) is 0.505. The molecule has 1 aliphatic carbocycles. The minimum Gasteiger partial charge on any atom is -0.379 e. The monoisotopic (exact) mass is 473 g/mol. The molecule has 1 unspecified atom stereocenters. The lowest BCUT2D eigenvalue weighted by Gasteiger charge is -2.46. The first-order valence-electron chi connectivity index (χ1n) is 13.6. The zero-order valence-corrected chi connectivity index (χ0v) is 21.3. The van der Waals surface area contributed by atoms with Crippen molar-refractivity contribution in [2.45, 2.75) is 95.6 Å². The van der Waals surface area contributed by atoms with Gasteiger partial charge in [-0.2, -0.15) is 0 Å². The second kappa shape index (κ2) is 10.0. The molecule has 186 valence electrons. The third kappa shape index (κ3) is 4.70. The van der Waals surface area contributed by atoms with Crippen LogP contribution in [0.3, 0.4) is 0 Å². The Bertz CT molecular complexity index is 1070. The molecule has 5 nitrogen and oxygen atoms in total. The molecule has 5 rings (SSSR count). The lowest BCUT2D eigenvalue weighted by atomic mass is 9.72. The van der Waals surface area contributed by atoms with Crippen LogP contribution in [0.2, 0.25) is 0 Å². The van der Waals surface area contributed by atoms with Crippen molar-refractivity contribution in [3.63, 3.8) is 0 Å². The summed E-state index contributed by atoms with van der Waals surface area (Å²) in [7, 11) is 0. The van der Waals surface area contributed by atoms with Gasteiger partial charge in [-0.15, -0.1) is 0 Å². The van der Waals surface area contributed by atoms with Crippen LogP contribution in [-0.4, -0.2) is 29.9 Å². The first-order valence-corrected chi connectivity index (χ1v) is 13.6. The topological polar surface area (TPSA) is 52.7 Å². The molecular formula is C30H39N3O2. The maximum atomic E-state index is 14.4. The van der Waals surface area contributed by atoms with Gasteiger partial charge in [0.25, 0.3) is 0 Å². The van der Waals surface area contributed by atoms with Gasteiger partial charge in [0.05, 0.1) is 23.3 Å². The second-order valence-corrected chi connectivity index (χ2v) is 10.9. The number of hydrogen-bond acceptors (Lipinski definition) is 3. The largest absolute Gasteiger partial charge is 0.379 e. The Labute approximate surface area is 209 Å². The van der Waals surface area contributed by atoms with E-state index in [2.05, 4.69) is 29.6 Å². The zero-order valence-electron chi connectivity index (χ0n) is 21.3. The number of hydrogen-bond donors (Lipinski definition) is 1. The van der Waals surface area contributed by atoms with E-state index < -0.39 is 0 Å². The number of fused-ring (bicyclic) bond motifs is 2. The van der Waals surface area contributed by atoms with Crippen molar-refractivity contribution < 1.29 is 9.59 Å². The van der Waals surface area contributed by atoms with Crippen LogP contribution >= 0.6 is 0 Å². The van der Waals surface area contributed by atoms with Crippen molar-refractivity contribution in [2.75, 3.05) is 21.7 Å². The smallest absolute Gasteiger partial charge is 0.234 e. The van der Waals surface area contributed by atoms with Gasteiger partial charge in [-0.05, 0) is 49.9 Å². The number of benzene rings is 2. The maximum absolute atomic E-state index is 14.4. The third-order valence-electron chi connectivity index (χ3n) is 8.36. The predicted octanol–water partition coefficient (Wildman–Crippen LogP) is 6.64. The molecule has 1 fully saturated rings. The molecule has 2 aromatic rings. The molecule has 2 heterocycles. The van der Waals surface area contributed by atoms with E-state index in [1.54, 1.807) is 6.92 Å². The Morgan fingerprint density at radius 2 is 1.46 bits per heavy atom. The first kappa shape index (κ1) is 23.9. The lowest BCUT2D eigenvalue weighted by molar-refractivity contribution is -0.121. The summed E-state index contributed by atoms with van der Waals surface area (Å²) in [5.41, 5.74) is 3.89. The molecule has 5 heteroatoms. The van der Waals surface area contributed by atoms with Crippen LogP contribution in [0.15, 0.2) is 48.5 Å². The highest BCUT2D eigenvalue weighted by molar-refractivity contribution is 6.06. The molecule has 0 saturated heterocycles. The molecule has 2 aromatic carbocycles. The molecule has 2 aliphatic heterocycles. The SMILES string of the molecule is CC(=O)N1c2ccccc2N(C(=O)C2CC3(CCCCCCCCC3)Nc3ccccc32)C[C@@H]1C. The maximum Gasteiger partial charge on any atom is 0.234 e. The number of nitrogens with one attached hydrogen (secondary N) is 1. The Balaban J connectivity index is 1.51. The summed E-state index contributed by atoms with van der Waals surface area (Å²) in [5.74, 6) is 0.00200. The van der Waals surface area contributed by atoms with Gasteiger partial charge in [0.1, 0.15) is 0 Å². The number of amides is 2. The minimum absolute atomic E-state index is 0.0183. The van der Waals surface area contributed by atoms with Gasteiger partial charge in [-0.25, -0.2) is 0 Å². The van der Waals surface area contributed by atoms with E-state index in [-0.39, 0.29) is 29.3 Å². The molecule has 2 amide bonds. The number of carbonyl (C=O) groups excluding carboxylic acids is 2. The average Bonchev–Trinajstić information content (AvgIpc) is 2.86. The highest BCUT2D eigenvalue weighted by Crippen LogP contribution is 2.46. The first-order chi connectivity index (χ1) is 17.0. The Morgan fingerprint density at radius 1 is 0.857 bits per heavy atom. The van der Waals surface area contributed by atoms with Gasteiger partial charge in [0, 0.05) is 24.7 Å². The van der Waals surface area contributed by atoms with E-state index in [9.17, 15) is 9.59 Å². The third-order valence-corrected chi connectivity index (χ3v) is 8.36. The van der Waals surface area contributed by atoms with Crippen LogP contribution in [-0.2, 0) is 9.59 Å². The molecule has 0 bridgehead atoms. The molecule has 35 heavy (non-hydrogen) atoms. The summed E-state index contributed by atoms with van der Waals surface area (Å²) in [6.45, 7) is 4.17. The normalized spacial score (nSPS) is 24.2. The molecule has 0 radical (unpaired) electrons. The summed E-state index contributed by atoms with van der Waals surface area (Å²) < 4.78 is 0. The van der Waals surface area contributed by atoms with Gasteiger partial charge >= 0.3 is 0 Å². The molecule has 2 atom stereocenters. The highest BCUT2D eigenvalue weighted by Gasteiger charge is 2.44. The van der Waals surface area contributed by atoms with Crippen LogP contribution in [0, 0.1) is 0 Å². The summed E-state index contributed by atoms with van der Waals surface area (Å²) >= 11 is 0. The van der Waals surface area contributed by atoms with E-state index in [0.29, 0.717) is 6.54 Å². The molecule has 1 N–H and O–H groups in total. The Morgan fingerprint density at radius 3 is 2.14 bits per heavy atom. The van der Waals surface area contributed by atoms with Crippen molar-refractivity contribution in [3.05, 3.63) is 54.1 Å². The van der Waals surface area contributed by atoms with Crippen LogP contribution < -0.4 is 15.1 Å². The van der Waals surface area contributed by atoms with Gasteiger partial charge in [-0.3, -0.25) is 9.59 Å². The zero-order chi connectivity index (χ0) is 24.4. The van der Waals surface area contributed by atoms with E-state index in [1.165, 1.54) is 44.9 Å². The highest BCUT2D eigenvalue weighted by atomic mass is 16.2. The van der Waals surface area contributed by atoms with E-state index in [0.717, 1.165) is 41.9 Å². The van der Waals surface area contributed by atoms with Crippen LogP contribution in [0.25, 0.3) is 0 Å². The van der Waals surface area contributed by atoms with Gasteiger partial charge < -0.3 is 15.1 Å². The van der Waals surface area contributed by atoms with E-state index >= 15 is 0 Å². The number of carbonyl (C=O) groups is 2. The fourth-order valence-electron chi connectivity index (χ4n) is 6.69. The summed E-state index contributed by atoms with van der Waals surface area (Å²) in [4.78, 5) is 30.6. The van der Waals surface area contributed by atoms with Gasteiger partial charge in [-0.1, -0.05) is 75.3 Å². The number of nitrogens with zero attached hydrogens (tertiary/aromatic N) is 2. The van der Waals surface area contributed by atoms with Crippen molar-refractivity contribution in [1.82, 2.24) is 0 Å². The molecular weight excluding hydrogens is 434 g/mol. The molecule has 3 aliphatic rings. The summed E-state index contributed by atoms with van der Waals surface area (Å²) in [6, 6.07) is 16.2. The van der Waals surface area contributed by atoms with Crippen LogP contribution in [0.5, 0.6) is 0 Å². The summed E-state index contributed by atoms with van der Waals surface area (Å²) in [6.07, 6.45) is 12.1.